The van der Waals surface area contributed by atoms with E-state index in [1.54, 1.807) is 0 Å². The van der Waals surface area contributed by atoms with Gasteiger partial charge in [0, 0.05) is 31.5 Å². The lowest BCUT2D eigenvalue weighted by Crippen LogP contribution is -2.46. The van der Waals surface area contributed by atoms with Crippen molar-refractivity contribution in [1.82, 2.24) is 10.6 Å². The molecule has 2 unspecified atom stereocenters. The molecule has 5 heteroatoms. The van der Waals surface area contributed by atoms with Gasteiger partial charge in [-0.1, -0.05) is 42.5 Å². The lowest BCUT2D eigenvalue weighted by atomic mass is 9.78. The van der Waals surface area contributed by atoms with E-state index in [1.807, 2.05) is 19.2 Å². The van der Waals surface area contributed by atoms with E-state index < -0.39 is 0 Å². The maximum Gasteiger partial charge on any atom is 0.191 e. The fourth-order valence-corrected chi connectivity index (χ4v) is 4.06. The lowest BCUT2D eigenvalue weighted by molar-refractivity contribution is 0.0694. The van der Waals surface area contributed by atoms with Crippen LogP contribution in [-0.4, -0.2) is 25.2 Å². The van der Waals surface area contributed by atoms with Crippen LogP contribution in [0.3, 0.4) is 0 Å². The van der Waals surface area contributed by atoms with Gasteiger partial charge in [0.05, 0.1) is 6.04 Å². The molecule has 0 spiro atoms. The molecule has 1 aliphatic heterocycles. The van der Waals surface area contributed by atoms with E-state index in [-0.39, 0.29) is 35.6 Å². The minimum atomic E-state index is -0.197. The Morgan fingerprint density at radius 2 is 1.81 bits per heavy atom. The van der Waals surface area contributed by atoms with Crippen LogP contribution in [0.25, 0.3) is 0 Å². The summed E-state index contributed by atoms with van der Waals surface area (Å²) in [4.78, 5) is 4.44. The zero-order chi connectivity index (χ0) is 18.1. The van der Waals surface area contributed by atoms with E-state index in [1.165, 1.54) is 16.7 Å². The highest BCUT2D eigenvalue weighted by atomic mass is 127. The first-order valence-electron chi connectivity index (χ1n) is 9.39. The van der Waals surface area contributed by atoms with E-state index in [9.17, 15) is 0 Å². The van der Waals surface area contributed by atoms with E-state index >= 15 is 0 Å². The first-order chi connectivity index (χ1) is 12.6. The number of para-hydroxylation sites is 1. The zero-order valence-electron chi connectivity index (χ0n) is 16.2. The molecule has 2 aromatic carbocycles. The van der Waals surface area contributed by atoms with E-state index in [4.69, 9.17) is 4.74 Å². The summed E-state index contributed by atoms with van der Waals surface area (Å²) in [5.41, 5.74) is 3.94. The van der Waals surface area contributed by atoms with Crippen molar-refractivity contribution in [3.8, 4) is 5.75 Å². The van der Waals surface area contributed by atoms with Crippen LogP contribution in [0.1, 0.15) is 48.9 Å². The number of halogens is 1. The second kappa shape index (κ2) is 8.09. The van der Waals surface area contributed by atoms with Gasteiger partial charge in [-0.25, -0.2) is 0 Å². The summed E-state index contributed by atoms with van der Waals surface area (Å²) in [5.74, 6) is 2.39. The minimum Gasteiger partial charge on any atom is -0.487 e. The van der Waals surface area contributed by atoms with Crippen LogP contribution >= 0.6 is 24.0 Å². The number of rotatable bonds is 3. The van der Waals surface area contributed by atoms with Crippen LogP contribution in [-0.2, 0) is 6.42 Å². The standard InChI is InChI=1S/C22H27N3O.HI/c1-22(2)13-19(18-10-6-7-11-20(18)26-22)25-21(23-3)24-14-16-12-15-8-4-5-9-17(15)16;/h4-11,16,19H,12-14H2,1-3H3,(H2,23,24,25);1H. The molecule has 0 saturated heterocycles. The van der Waals surface area contributed by atoms with Gasteiger partial charge in [-0.3, -0.25) is 4.99 Å². The summed E-state index contributed by atoms with van der Waals surface area (Å²) < 4.78 is 6.13. The fraction of sp³-hybridized carbons (Fsp3) is 0.409. The lowest BCUT2D eigenvalue weighted by Gasteiger charge is -2.38. The van der Waals surface area contributed by atoms with Gasteiger partial charge in [-0.2, -0.15) is 0 Å². The smallest absolute Gasteiger partial charge is 0.191 e. The highest BCUT2D eigenvalue weighted by Gasteiger charge is 2.34. The Kier molecular flexibility index (Phi) is 5.99. The summed E-state index contributed by atoms with van der Waals surface area (Å²) >= 11 is 0. The first-order valence-corrected chi connectivity index (χ1v) is 9.39. The van der Waals surface area contributed by atoms with Gasteiger partial charge in [0.1, 0.15) is 11.4 Å². The zero-order valence-corrected chi connectivity index (χ0v) is 18.5. The number of fused-ring (bicyclic) bond motifs is 2. The largest absolute Gasteiger partial charge is 0.487 e. The second-order valence-corrected chi connectivity index (χ2v) is 7.85. The Hall–Kier alpha value is -1.76. The molecule has 1 heterocycles. The molecule has 144 valence electrons. The van der Waals surface area contributed by atoms with E-state index in [0.29, 0.717) is 5.92 Å². The second-order valence-electron chi connectivity index (χ2n) is 7.85. The molecule has 0 bridgehead atoms. The maximum absolute atomic E-state index is 6.13. The number of nitrogens with one attached hydrogen (secondary N) is 2. The molecule has 4 nitrogen and oxygen atoms in total. The molecule has 0 fully saturated rings. The third-order valence-electron chi connectivity index (χ3n) is 5.39. The van der Waals surface area contributed by atoms with E-state index in [0.717, 1.165) is 31.1 Å². The summed E-state index contributed by atoms with van der Waals surface area (Å²) in [6, 6.07) is 17.2. The number of hydrogen-bond acceptors (Lipinski definition) is 2. The van der Waals surface area contributed by atoms with Crippen molar-refractivity contribution in [2.75, 3.05) is 13.6 Å². The highest BCUT2D eigenvalue weighted by molar-refractivity contribution is 14.0. The summed E-state index contributed by atoms with van der Waals surface area (Å²) in [5, 5.41) is 7.12. The molecular formula is C22H28IN3O. The van der Waals surface area contributed by atoms with Gasteiger partial charge >= 0.3 is 0 Å². The molecular weight excluding hydrogens is 449 g/mol. The molecule has 0 radical (unpaired) electrons. The Morgan fingerprint density at radius 3 is 2.56 bits per heavy atom. The van der Waals surface area contributed by atoms with Crippen LogP contribution in [0, 0.1) is 0 Å². The van der Waals surface area contributed by atoms with Crippen molar-refractivity contribution < 1.29 is 4.74 Å². The molecule has 4 rings (SSSR count). The predicted molar refractivity (Wildman–Crippen MR) is 121 cm³/mol. The maximum atomic E-state index is 6.13. The quantitative estimate of drug-likeness (QED) is 0.391. The van der Waals surface area contributed by atoms with Crippen molar-refractivity contribution in [2.24, 2.45) is 4.99 Å². The molecule has 0 saturated carbocycles. The van der Waals surface area contributed by atoms with Crippen LogP contribution < -0.4 is 15.4 Å². The van der Waals surface area contributed by atoms with Gasteiger partial charge in [-0.05, 0) is 37.5 Å². The van der Waals surface area contributed by atoms with Crippen LogP contribution in [0.4, 0.5) is 0 Å². The molecule has 0 amide bonds. The molecule has 27 heavy (non-hydrogen) atoms. The fourth-order valence-electron chi connectivity index (χ4n) is 4.06. The van der Waals surface area contributed by atoms with Gasteiger partial charge in [0.2, 0.25) is 0 Å². The number of nitrogens with zero attached hydrogens (tertiary/aromatic N) is 1. The molecule has 2 atom stereocenters. The van der Waals surface area contributed by atoms with Crippen molar-refractivity contribution in [3.05, 3.63) is 65.2 Å². The summed E-state index contributed by atoms with van der Waals surface area (Å²) in [6.45, 7) is 5.18. The number of ether oxygens (including phenoxy) is 1. The monoisotopic (exact) mass is 477 g/mol. The van der Waals surface area contributed by atoms with Gasteiger partial charge in [-0.15, -0.1) is 24.0 Å². The van der Waals surface area contributed by atoms with Gasteiger partial charge < -0.3 is 15.4 Å². The number of aliphatic imine (C=N–C) groups is 1. The molecule has 2 aromatic rings. The van der Waals surface area contributed by atoms with E-state index in [2.05, 4.69) is 65.9 Å². The Balaban J connectivity index is 0.00000210. The van der Waals surface area contributed by atoms with Gasteiger partial charge in [0.15, 0.2) is 5.96 Å². The predicted octanol–water partition coefficient (Wildman–Crippen LogP) is 4.41. The molecule has 1 aliphatic carbocycles. The van der Waals surface area contributed by atoms with Crippen LogP contribution in [0.5, 0.6) is 5.75 Å². The number of hydrogen-bond donors (Lipinski definition) is 2. The molecule has 2 N–H and O–H groups in total. The third kappa shape index (κ3) is 4.23. The van der Waals surface area contributed by atoms with Gasteiger partial charge in [0.25, 0.3) is 0 Å². The third-order valence-corrected chi connectivity index (χ3v) is 5.39. The number of guanidine groups is 1. The normalized spacial score (nSPS) is 22.3. The van der Waals surface area contributed by atoms with Crippen LogP contribution in [0.15, 0.2) is 53.5 Å². The Bertz CT molecular complexity index is 834. The van der Waals surface area contributed by atoms with Crippen molar-refractivity contribution in [1.29, 1.82) is 0 Å². The first kappa shape index (κ1) is 20.0. The molecule has 0 aromatic heterocycles. The minimum absolute atomic E-state index is 0. The van der Waals surface area contributed by atoms with Crippen molar-refractivity contribution >= 4 is 29.9 Å². The Labute approximate surface area is 178 Å². The average Bonchev–Trinajstić information content (AvgIpc) is 2.60. The topological polar surface area (TPSA) is 45.7 Å². The van der Waals surface area contributed by atoms with Crippen molar-refractivity contribution in [3.63, 3.8) is 0 Å². The highest BCUT2D eigenvalue weighted by Crippen LogP contribution is 2.39. The summed E-state index contributed by atoms with van der Waals surface area (Å²) in [6.07, 6.45) is 2.05. The van der Waals surface area contributed by atoms with Crippen LogP contribution in [0.2, 0.25) is 0 Å². The Morgan fingerprint density at radius 1 is 1.11 bits per heavy atom. The van der Waals surface area contributed by atoms with Crippen molar-refractivity contribution in [2.45, 2.75) is 44.2 Å². The average molecular weight is 477 g/mol. The molecule has 2 aliphatic rings. The summed E-state index contributed by atoms with van der Waals surface area (Å²) in [7, 11) is 1.83. The SMILES string of the molecule is CN=C(NCC1Cc2ccccc21)NC1CC(C)(C)Oc2ccccc21.I. The number of benzene rings is 2.